The van der Waals surface area contributed by atoms with Crippen LogP contribution in [0.1, 0.15) is 21.5 Å². The zero-order chi connectivity index (χ0) is 25.0. The van der Waals surface area contributed by atoms with Crippen molar-refractivity contribution in [3.8, 4) is 5.75 Å². The second kappa shape index (κ2) is 10.3. The van der Waals surface area contributed by atoms with Crippen LogP contribution in [0.5, 0.6) is 5.75 Å². The van der Waals surface area contributed by atoms with E-state index in [2.05, 4.69) is 5.32 Å². The van der Waals surface area contributed by atoms with E-state index >= 15 is 0 Å². The first-order valence-electron chi connectivity index (χ1n) is 11.8. The lowest BCUT2D eigenvalue weighted by Gasteiger charge is -2.19. The molecule has 0 bridgehead atoms. The summed E-state index contributed by atoms with van der Waals surface area (Å²) >= 11 is 0. The highest BCUT2D eigenvalue weighted by Gasteiger charge is 2.30. The summed E-state index contributed by atoms with van der Waals surface area (Å²) in [6.07, 6.45) is 1.47. The van der Waals surface area contributed by atoms with Crippen LogP contribution < -0.4 is 14.4 Å². The molecule has 0 saturated heterocycles. The molecular weight excluding hydrogens is 472 g/mol. The Morgan fingerprint density at radius 1 is 0.861 bits per heavy atom. The molecule has 1 heterocycles. The number of sulfonamides is 1. The van der Waals surface area contributed by atoms with Gasteiger partial charge >= 0.3 is 0 Å². The molecule has 1 aliphatic heterocycles. The number of benzene rings is 4. The molecule has 182 valence electrons. The molecule has 0 radical (unpaired) electrons. The van der Waals surface area contributed by atoms with E-state index in [1.54, 1.807) is 30.3 Å². The topological polar surface area (TPSA) is 75.7 Å². The summed E-state index contributed by atoms with van der Waals surface area (Å²) < 4.78 is 33.7. The predicted octanol–water partition coefficient (Wildman–Crippen LogP) is 5.31. The maximum Gasteiger partial charge on any atom is 0.264 e. The minimum Gasteiger partial charge on any atom is -0.493 e. The van der Waals surface area contributed by atoms with E-state index in [9.17, 15) is 13.2 Å². The zero-order valence-corrected chi connectivity index (χ0v) is 20.4. The highest BCUT2D eigenvalue weighted by atomic mass is 32.2. The maximum absolute atomic E-state index is 13.2. The van der Waals surface area contributed by atoms with Gasteiger partial charge in [0.25, 0.3) is 15.9 Å². The summed E-state index contributed by atoms with van der Waals surface area (Å²) in [5, 5.41) is 2.83. The molecule has 0 aliphatic carbocycles. The van der Waals surface area contributed by atoms with Gasteiger partial charge in [-0.15, -0.1) is 0 Å². The Bertz CT molecular complexity index is 1470. The van der Waals surface area contributed by atoms with E-state index in [0.717, 1.165) is 17.7 Å². The standard InChI is InChI=1S/C29H26N2O4S/c32-29(24-10-6-11-26(21-24)35-20-18-22-7-2-1-3-8-22)30-25-13-15-27(16-14-25)36(33,34)31-19-17-23-9-4-5-12-28(23)31/h1-16,21H,17-20H2,(H,30,32). The first-order chi connectivity index (χ1) is 17.5. The lowest BCUT2D eigenvalue weighted by atomic mass is 10.1. The van der Waals surface area contributed by atoms with Gasteiger partial charge < -0.3 is 10.1 Å². The van der Waals surface area contributed by atoms with Gasteiger partial charge in [-0.1, -0.05) is 54.6 Å². The lowest BCUT2D eigenvalue weighted by molar-refractivity contribution is 0.102. The molecule has 0 saturated carbocycles. The quantitative estimate of drug-likeness (QED) is 0.357. The van der Waals surface area contributed by atoms with E-state index in [-0.39, 0.29) is 10.8 Å². The van der Waals surface area contributed by atoms with Crippen molar-refractivity contribution >= 4 is 27.3 Å². The van der Waals surface area contributed by atoms with Crippen molar-refractivity contribution in [1.82, 2.24) is 0 Å². The van der Waals surface area contributed by atoms with Crippen LogP contribution in [0, 0.1) is 0 Å². The van der Waals surface area contributed by atoms with Crippen molar-refractivity contribution in [2.75, 3.05) is 22.8 Å². The molecule has 6 nitrogen and oxygen atoms in total. The van der Waals surface area contributed by atoms with Gasteiger partial charge in [-0.05, 0) is 66.1 Å². The number of carbonyl (C=O) groups is 1. The molecule has 1 amide bonds. The molecule has 0 unspecified atom stereocenters. The molecule has 5 rings (SSSR count). The SMILES string of the molecule is O=C(Nc1ccc(S(=O)(=O)N2CCc3ccccc32)cc1)c1cccc(OCCc2ccccc2)c1. The van der Waals surface area contributed by atoms with Gasteiger partial charge in [0.05, 0.1) is 17.2 Å². The highest BCUT2D eigenvalue weighted by Crippen LogP contribution is 2.33. The third-order valence-electron chi connectivity index (χ3n) is 6.14. The Labute approximate surface area is 211 Å². The van der Waals surface area contributed by atoms with Gasteiger partial charge in [-0.2, -0.15) is 0 Å². The van der Waals surface area contributed by atoms with E-state index in [4.69, 9.17) is 4.74 Å². The average Bonchev–Trinajstić information content (AvgIpc) is 3.35. The maximum atomic E-state index is 13.2. The van der Waals surface area contributed by atoms with E-state index in [0.29, 0.717) is 36.6 Å². The smallest absolute Gasteiger partial charge is 0.264 e. The molecule has 0 spiro atoms. The van der Waals surface area contributed by atoms with Crippen molar-refractivity contribution in [2.45, 2.75) is 17.7 Å². The summed E-state index contributed by atoms with van der Waals surface area (Å²) in [7, 11) is -3.68. The first kappa shape index (κ1) is 23.6. The summed E-state index contributed by atoms with van der Waals surface area (Å²) in [4.78, 5) is 13.0. The normalized spacial score (nSPS) is 12.7. The molecule has 0 aromatic heterocycles. The van der Waals surface area contributed by atoms with Crippen molar-refractivity contribution in [2.24, 2.45) is 0 Å². The lowest BCUT2D eigenvalue weighted by Crippen LogP contribution is -2.29. The Morgan fingerprint density at radius 2 is 1.61 bits per heavy atom. The second-order valence-corrected chi connectivity index (χ2v) is 10.4. The van der Waals surface area contributed by atoms with Gasteiger partial charge in [-0.25, -0.2) is 8.42 Å². The van der Waals surface area contributed by atoms with Crippen LogP contribution in [0.2, 0.25) is 0 Å². The van der Waals surface area contributed by atoms with Crippen LogP contribution >= 0.6 is 0 Å². The minimum absolute atomic E-state index is 0.186. The van der Waals surface area contributed by atoms with Crippen molar-refractivity contribution in [3.63, 3.8) is 0 Å². The summed E-state index contributed by atoms with van der Waals surface area (Å²) in [5.74, 6) is 0.318. The number of rotatable bonds is 8. The van der Waals surface area contributed by atoms with Crippen LogP contribution in [-0.2, 0) is 22.9 Å². The van der Waals surface area contributed by atoms with Gasteiger partial charge in [0, 0.05) is 24.2 Å². The fraction of sp³-hybridized carbons (Fsp3) is 0.138. The fourth-order valence-corrected chi connectivity index (χ4v) is 5.76. The fourth-order valence-electron chi connectivity index (χ4n) is 4.26. The summed E-state index contributed by atoms with van der Waals surface area (Å²) in [5.41, 5.74) is 3.90. The number of ether oxygens (including phenoxy) is 1. The van der Waals surface area contributed by atoms with Crippen LogP contribution in [0.4, 0.5) is 11.4 Å². The molecular formula is C29H26N2O4S. The third-order valence-corrected chi connectivity index (χ3v) is 7.97. The number of nitrogens with zero attached hydrogens (tertiary/aromatic N) is 1. The molecule has 0 atom stereocenters. The number of nitrogens with one attached hydrogen (secondary N) is 1. The number of para-hydroxylation sites is 1. The van der Waals surface area contributed by atoms with Crippen LogP contribution in [-0.4, -0.2) is 27.5 Å². The molecule has 4 aromatic carbocycles. The largest absolute Gasteiger partial charge is 0.493 e. The van der Waals surface area contributed by atoms with Crippen LogP contribution in [0.15, 0.2) is 108 Å². The molecule has 4 aromatic rings. The van der Waals surface area contributed by atoms with Gasteiger partial charge in [0.15, 0.2) is 0 Å². The Kier molecular flexibility index (Phi) is 6.73. The van der Waals surface area contributed by atoms with Crippen LogP contribution in [0.3, 0.4) is 0 Å². The van der Waals surface area contributed by atoms with Crippen molar-refractivity contribution in [3.05, 3.63) is 120 Å². The number of anilines is 2. The van der Waals surface area contributed by atoms with Gasteiger partial charge in [0.2, 0.25) is 0 Å². The van der Waals surface area contributed by atoms with E-state index in [1.807, 2.05) is 60.7 Å². The Hall–Kier alpha value is -4.10. The summed E-state index contributed by atoms with van der Waals surface area (Å²) in [6, 6.07) is 30.9. The predicted molar refractivity (Wildman–Crippen MR) is 141 cm³/mol. The average molecular weight is 499 g/mol. The zero-order valence-electron chi connectivity index (χ0n) is 19.6. The number of hydrogen-bond acceptors (Lipinski definition) is 4. The summed E-state index contributed by atoms with van der Waals surface area (Å²) in [6.45, 7) is 0.927. The first-order valence-corrected chi connectivity index (χ1v) is 13.2. The number of hydrogen-bond donors (Lipinski definition) is 1. The van der Waals surface area contributed by atoms with E-state index < -0.39 is 10.0 Å². The minimum atomic E-state index is -3.68. The highest BCUT2D eigenvalue weighted by molar-refractivity contribution is 7.92. The Morgan fingerprint density at radius 3 is 2.42 bits per heavy atom. The second-order valence-electron chi connectivity index (χ2n) is 8.55. The molecule has 0 fully saturated rings. The molecule has 7 heteroatoms. The third kappa shape index (κ3) is 5.11. The monoisotopic (exact) mass is 498 g/mol. The Balaban J connectivity index is 1.22. The molecule has 1 N–H and O–H groups in total. The van der Waals surface area contributed by atoms with Gasteiger partial charge in [0.1, 0.15) is 5.75 Å². The van der Waals surface area contributed by atoms with Crippen LogP contribution in [0.25, 0.3) is 0 Å². The molecule has 1 aliphatic rings. The number of fused-ring (bicyclic) bond motifs is 1. The van der Waals surface area contributed by atoms with Crippen molar-refractivity contribution < 1.29 is 17.9 Å². The van der Waals surface area contributed by atoms with E-state index in [1.165, 1.54) is 22.0 Å². The van der Waals surface area contributed by atoms with Gasteiger partial charge in [-0.3, -0.25) is 9.10 Å². The van der Waals surface area contributed by atoms with Crippen molar-refractivity contribution in [1.29, 1.82) is 0 Å². The number of carbonyl (C=O) groups excluding carboxylic acids is 1. The number of amides is 1. The molecule has 36 heavy (non-hydrogen) atoms.